The van der Waals surface area contributed by atoms with Crippen molar-refractivity contribution >= 4 is 16.0 Å². The average molecular weight is 324 g/mol. The molecule has 2 heterocycles. The molecular weight excluding hydrogens is 304 g/mol. The highest BCUT2D eigenvalue weighted by Crippen LogP contribution is 2.38. The van der Waals surface area contributed by atoms with E-state index in [4.69, 9.17) is 0 Å². The predicted octanol–water partition coefficient (Wildman–Crippen LogP) is 0.847. The molecule has 2 aliphatic heterocycles. The first-order valence-electron chi connectivity index (χ1n) is 7.36. The number of benzene rings is 1. The molecule has 2 saturated heterocycles. The quantitative estimate of drug-likeness (QED) is 0.834. The number of sulfonamides is 1. The molecule has 2 fully saturated rings. The van der Waals surface area contributed by atoms with Gasteiger partial charge in [0, 0.05) is 19.6 Å². The molecule has 3 rings (SSSR count). The second-order valence-electron chi connectivity index (χ2n) is 6.03. The first-order valence-corrected chi connectivity index (χ1v) is 8.80. The summed E-state index contributed by atoms with van der Waals surface area (Å²) in [6.45, 7) is 2.91. The largest absolute Gasteiger partial charge is 0.465 e. The molecule has 1 aromatic carbocycles. The highest BCUT2D eigenvalue weighted by molar-refractivity contribution is 7.89. The molecule has 1 unspecified atom stereocenters. The van der Waals surface area contributed by atoms with E-state index in [0.29, 0.717) is 13.1 Å². The van der Waals surface area contributed by atoms with E-state index in [9.17, 15) is 13.2 Å². The number of hydrogen-bond acceptors (Lipinski definition) is 5. The van der Waals surface area contributed by atoms with Crippen LogP contribution in [0.5, 0.6) is 0 Å². The van der Waals surface area contributed by atoms with Crippen molar-refractivity contribution in [2.24, 2.45) is 5.41 Å². The molecule has 120 valence electrons. The van der Waals surface area contributed by atoms with Gasteiger partial charge in [-0.25, -0.2) is 13.2 Å². The molecule has 7 heteroatoms. The van der Waals surface area contributed by atoms with Crippen LogP contribution in [0.15, 0.2) is 29.2 Å². The van der Waals surface area contributed by atoms with E-state index in [1.165, 1.54) is 23.5 Å². The first kappa shape index (κ1) is 15.5. The van der Waals surface area contributed by atoms with Gasteiger partial charge in [0.05, 0.1) is 17.6 Å². The van der Waals surface area contributed by atoms with Crippen LogP contribution in [0.3, 0.4) is 0 Å². The lowest BCUT2D eigenvalue weighted by Gasteiger charge is -2.22. The summed E-state index contributed by atoms with van der Waals surface area (Å²) in [7, 11) is -2.29. The van der Waals surface area contributed by atoms with E-state index in [2.05, 4.69) is 10.1 Å². The van der Waals surface area contributed by atoms with Crippen molar-refractivity contribution in [3.8, 4) is 0 Å². The molecule has 2 aliphatic rings. The molecule has 0 aromatic heterocycles. The number of nitrogens with zero attached hydrogens (tertiary/aromatic N) is 1. The minimum Gasteiger partial charge on any atom is -0.465 e. The predicted molar refractivity (Wildman–Crippen MR) is 81.1 cm³/mol. The minimum absolute atomic E-state index is 0.0764. The maximum atomic E-state index is 12.8. The second kappa shape index (κ2) is 5.64. The maximum Gasteiger partial charge on any atom is 0.337 e. The number of carbonyl (C=O) groups is 1. The van der Waals surface area contributed by atoms with Crippen molar-refractivity contribution in [3.63, 3.8) is 0 Å². The molecule has 6 nitrogen and oxygen atoms in total. The van der Waals surface area contributed by atoms with Crippen LogP contribution in [-0.2, 0) is 14.8 Å². The van der Waals surface area contributed by atoms with Crippen LogP contribution < -0.4 is 5.32 Å². The van der Waals surface area contributed by atoms with E-state index in [-0.39, 0.29) is 15.9 Å². The Bertz CT molecular complexity index is 681. The van der Waals surface area contributed by atoms with E-state index in [1.54, 1.807) is 12.1 Å². The van der Waals surface area contributed by atoms with Gasteiger partial charge in [-0.15, -0.1) is 0 Å². The van der Waals surface area contributed by atoms with Crippen LogP contribution in [0.4, 0.5) is 0 Å². The van der Waals surface area contributed by atoms with Gasteiger partial charge in [0.15, 0.2) is 0 Å². The smallest absolute Gasteiger partial charge is 0.337 e. The van der Waals surface area contributed by atoms with Crippen molar-refractivity contribution in [1.82, 2.24) is 9.62 Å². The van der Waals surface area contributed by atoms with Crippen LogP contribution in [0, 0.1) is 5.41 Å². The fourth-order valence-electron chi connectivity index (χ4n) is 3.29. The molecule has 0 amide bonds. The van der Waals surface area contributed by atoms with Crippen molar-refractivity contribution in [1.29, 1.82) is 0 Å². The number of methoxy groups -OCH3 is 1. The van der Waals surface area contributed by atoms with Gasteiger partial charge in [-0.1, -0.05) is 6.07 Å². The molecule has 0 bridgehead atoms. The van der Waals surface area contributed by atoms with E-state index < -0.39 is 16.0 Å². The molecule has 1 aromatic rings. The number of hydrogen-bond donors (Lipinski definition) is 1. The zero-order valence-corrected chi connectivity index (χ0v) is 13.4. The van der Waals surface area contributed by atoms with Gasteiger partial charge in [0.25, 0.3) is 0 Å². The Labute approximate surface area is 130 Å². The first-order chi connectivity index (χ1) is 10.5. The topological polar surface area (TPSA) is 75.7 Å². The average Bonchev–Trinajstić information content (AvgIpc) is 3.17. The van der Waals surface area contributed by atoms with Gasteiger partial charge in [-0.05, 0) is 43.0 Å². The van der Waals surface area contributed by atoms with Crippen molar-refractivity contribution < 1.29 is 17.9 Å². The molecule has 0 saturated carbocycles. The Kier molecular flexibility index (Phi) is 3.96. The van der Waals surface area contributed by atoms with Gasteiger partial charge < -0.3 is 10.1 Å². The third-order valence-corrected chi connectivity index (χ3v) is 6.47. The fraction of sp³-hybridized carbons (Fsp3) is 0.533. The van der Waals surface area contributed by atoms with Crippen LogP contribution in [0.1, 0.15) is 23.2 Å². The Balaban J connectivity index is 1.86. The monoisotopic (exact) mass is 324 g/mol. The third-order valence-electron chi connectivity index (χ3n) is 4.63. The maximum absolute atomic E-state index is 12.8. The van der Waals surface area contributed by atoms with Gasteiger partial charge >= 0.3 is 5.97 Å². The highest BCUT2D eigenvalue weighted by Gasteiger charge is 2.44. The molecule has 1 spiro atoms. The van der Waals surface area contributed by atoms with Crippen LogP contribution in [-0.4, -0.2) is 52.0 Å². The SMILES string of the molecule is COC(=O)c1cccc(S(=O)(=O)N2CCC3(CCNC3)C2)c1. The lowest BCUT2D eigenvalue weighted by molar-refractivity contribution is 0.0600. The summed E-state index contributed by atoms with van der Waals surface area (Å²) in [6, 6.07) is 6.04. The van der Waals surface area contributed by atoms with Gasteiger partial charge in [0.2, 0.25) is 10.0 Å². The van der Waals surface area contributed by atoms with Crippen LogP contribution >= 0.6 is 0 Å². The Morgan fingerprint density at radius 2 is 2.18 bits per heavy atom. The Morgan fingerprint density at radius 1 is 1.36 bits per heavy atom. The standard InChI is InChI=1S/C15H20N2O4S/c1-21-14(18)12-3-2-4-13(9-12)22(19,20)17-8-6-15(11-17)5-7-16-10-15/h2-4,9,16H,5-8,10-11H2,1H3. The molecular formula is C15H20N2O4S. The Morgan fingerprint density at radius 3 is 2.86 bits per heavy atom. The fourth-order valence-corrected chi connectivity index (χ4v) is 4.89. The highest BCUT2D eigenvalue weighted by atomic mass is 32.2. The third kappa shape index (κ3) is 2.64. The summed E-state index contributed by atoms with van der Waals surface area (Å²) in [6.07, 6.45) is 1.90. The molecule has 1 atom stereocenters. The molecule has 0 aliphatic carbocycles. The normalized spacial score (nSPS) is 25.7. The molecule has 22 heavy (non-hydrogen) atoms. The lowest BCUT2D eigenvalue weighted by atomic mass is 9.87. The van der Waals surface area contributed by atoms with Gasteiger partial charge in [-0.2, -0.15) is 4.31 Å². The minimum atomic E-state index is -3.57. The summed E-state index contributed by atoms with van der Waals surface area (Å²) in [5.74, 6) is -0.532. The number of nitrogens with one attached hydrogen (secondary N) is 1. The van der Waals surface area contributed by atoms with Crippen molar-refractivity contribution in [3.05, 3.63) is 29.8 Å². The number of ether oxygens (including phenoxy) is 1. The number of esters is 1. The molecule has 1 N–H and O–H groups in total. The Hall–Kier alpha value is -1.44. The molecule has 0 radical (unpaired) electrons. The summed E-state index contributed by atoms with van der Waals surface area (Å²) in [4.78, 5) is 11.7. The van der Waals surface area contributed by atoms with Crippen molar-refractivity contribution in [2.75, 3.05) is 33.3 Å². The number of carbonyl (C=O) groups excluding carboxylic acids is 1. The number of rotatable bonds is 3. The van der Waals surface area contributed by atoms with Crippen molar-refractivity contribution in [2.45, 2.75) is 17.7 Å². The van der Waals surface area contributed by atoms with Gasteiger partial charge in [-0.3, -0.25) is 0 Å². The van der Waals surface area contributed by atoms with E-state index in [1.807, 2.05) is 0 Å². The van der Waals surface area contributed by atoms with Gasteiger partial charge in [0.1, 0.15) is 0 Å². The zero-order chi connectivity index (χ0) is 15.8. The summed E-state index contributed by atoms with van der Waals surface area (Å²) < 4.78 is 31.8. The lowest BCUT2D eigenvalue weighted by Crippen LogP contribution is -2.33. The summed E-state index contributed by atoms with van der Waals surface area (Å²) >= 11 is 0. The van der Waals surface area contributed by atoms with Crippen LogP contribution in [0.2, 0.25) is 0 Å². The van der Waals surface area contributed by atoms with Crippen LogP contribution in [0.25, 0.3) is 0 Å². The van der Waals surface area contributed by atoms with E-state index >= 15 is 0 Å². The zero-order valence-electron chi connectivity index (χ0n) is 12.5. The second-order valence-corrected chi connectivity index (χ2v) is 7.97. The van der Waals surface area contributed by atoms with E-state index in [0.717, 1.165) is 25.9 Å². The summed E-state index contributed by atoms with van der Waals surface area (Å²) in [5, 5.41) is 3.32. The summed E-state index contributed by atoms with van der Waals surface area (Å²) in [5.41, 5.74) is 0.326.